The SMILES string of the molecule is CNC(=O)C(C)(C)c1ccn[nH]1. The zero-order chi connectivity index (χ0) is 9.19. The molecule has 66 valence electrons. The van der Waals surface area contributed by atoms with Crippen molar-refractivity contribution >= 4 is 5.91 Å². The normalized spacial score (nSPS) is 11.2. The Hall–Kier alpha value is -1.32. The van der Waals surface area contributed by atoms with Gasteiger partial charge in [-0.15, -0.1) is 0 Å². The number of nitrogens with one attached hydrogen (secondary N) is 2. The first kappa shape index (κ1) is 8.77. The first-order valence-corrected chi connectivity index (χ1v) is 3.81. The van der Waals surface area contributed by atoms with Gasteiger partial charge < -0.3 is 5.32 Å². The predicted molar refractivity (Wildman–Crippen MR) is 45.7 cm³/mol. The van der Waals surface area contributed by atoms with E-state index in [0.717, 1.165) is 5.69 Å². The molecule has 1 aromatic heterocycles. The maximum Gasteiger partial charge on any atom is 0.231 e. The Morgan fingerprint density at radius 2 is 2.33 bits per heavy atom. The van der Waals surface area contributed by atoms with Crippen LogP contribution in [0.25, 0.3) is 0 Å². The van der Waals surface area contributed by atoms with Crippen LogP contribution in [0.5, 0.6) is 0 Å². The standard InChI is InChI=1S/C8H13N3O/c1-8(2,7(12)9-3)6-4-5-10-11-6/h4-5H,1-3H3,(H,9,12)(H,10,11). The summed E-state index contributed by atoms with van der Waals surface area (Å²) in [6.45, 7) is 3.69. The molecule has 0 aromatic carbocycles. The van der Waals surface area contributed by atoms with Crippen LogP contribution in [0.2, 0.25) is 0 Å². The maximum absolute atomic E-state index is 11.4. The highest BCUT2D eigenvalue weighted by molar-refractivity contribution is 5.86. The number of amides is 1. The van der Waals surface area contributed by atoms with Crippen molar-refractivity contribution in [2.24, 2.45) is 0 Å². The fourth-order valence-electron chi connectivity index (χ4n) is 1.04. The lowest BCUT2D eigenvalue weighted by Crippen LogP contribution is -2.38. The lowest BCUT2D eigenvalue weighted by molar-refractivity contribution is -0.125. The van der Waals surface area contributed by atoms with Gasteiger partial charge in [0.25, 0.3) is 0 Å². The van der Waals surface area contributed by atoms with E-state index in [2.05, 4.69) is 15.5 Å². The zero-order valence-corrected chi connectivity index (χ0v) is 7.51. The third-order valence-electron chi connectivity index (χ3n) is 1.97. The number of likely N-dealkylation sites (N-methyl/N-ethyl adjacent to an activating group) is 1. The minimum absolute atomic E-state index is 0.0215. The molecule has 0 radical (unpaired) electrons. The lowest BCUT2D eigenvalue weighted by Gasteiger charge is -2.20. The number of hydrogen-bond acceptors (Lipinski definition) is 2. The number of carbonyl (C=O) groups excluding carboxylic acids is 1. The van der Waals surface area contributed by atoms with Crippen molar-refractivity contribution < 1.29 is 4.79 Å². The molecule has 0 fully saturated rings. The first-order valence-electron chi connectivity index (χ1n) is 3.81. The van der Waals surface area contributed by atoms with Crippen molar-refractivity contribution in [1.82, 2.24) is 15.5 Å². The number of rotatable bonds is 2. The van der Waals surface area contributed by atoms with E-state index >= 15 is 0 Å². The van der Waals surface area contributed by atoms with Crippen LogP contribution in [0, 0.1) is 0 Å². The number of hydrogen-bond donors (Lipinski definition) is 2. The van der Waals surface area contributed by atoms with Gasteiger partial charge in [-0.2, -0.15) is 5.10 Å². The highest BCUT2D eigenvalue weighted by Gasteiger charge is 2.29. The van der Waals surface area contributed by atoms with Crippen molar-refractivity contribution in [2.45, 2.75) is 19.3 Å². The molecule has 0 saturated heterocycles. The van der Waals surface area contributed by atoms with Crippen molar-refractivity contribution in [3.05, 3.63) is 18.0 Å². The minimum Gasteiger partial charge on any atom is -0.358 e. The van der Waals surface area contributed by atoms with Crippen molar-refractivity contribution in [1.29, 1.82) is 0 Å². The van der Waals surface area contributed by atoms with Gasteiger partial charge >= 0.3 is 0 Å². The van der Waals surface area contributed by atoms with E-state index < -0.39 is 5.41 Å². The summed E-state index contributed by atoms with van der Waals surface area (Å²) in [5.41, 5.74) is 0.285. The second-order valence-electron chi connectivity index (χ2n) is 3.17. The van der Waals surface area contributed by atoms with Crippen LogP contribution in [-0.4, -0.2) is 23.2 Å². The molecule has 1 amide bonds. The van der Waals surface area contributed by atoms with Gasteiger partial charge in [0, 0.05) is 13.2 Å². The molecule has 2 N–H and O–H groups in total. The van der Waals surface area contributed by atoms with Gasteiger partial charge in [0.05, 0.1) is 11.1 Å². The second-order valence-corrected chi connectivity index (χ2v) is 3.17. The number of H-pyrrole nitrogens is 1. The summed E-state index contributed by atoms with van der Waals surface area (Å²) in [6, 6.07) is 1.80. The molecule has 0 aliphatic heterocycles. The molecule has 12 heavy (non-hydrogen) atoms. The summed E-state index contributed by atoms with van der Waals surface area (Å²) in [5.74, 6) is -0.0215. The predicted octanol–water partition coefficient (Wildman–Crippen LogP) is 0.433. The molecule has 1 heterocycles. The van der Waals surface area contributed by atoms with Crippen molar-refractivity contribution in [3.8, 4) is 0 Å². The van der Waals surface area contributed by atoms with Crippen LogP contribution in [0.3, 0.4) is 0 Å². The summed E-state index contributed by atoms with van der Waals surface area (Å²) in [4.78, 5) is 11.4. The molecule has 0 unspecified atom stereocenters. The molecule has 4 nitrogen and oxygen atoms in total. The van der Waals surface area contributed by atoms with E-state index in [1.807, 2.05) is 13.8 Å². The van der Waals surface area contributed by atoms with Crippen LogP contribution in [-0.2, 0) is 10.2 Å². The average Bonchev–Trinajstić information content (AvgIpc) is 2.55. The molecule has 0 spiro atoms. The van der Waals surface area contributed by atoms with E-state index in [4.69, 9.17) is 0 Å². The third kappa shape index (κ3) is 1.32. The van der Waals surface area contributed by atoms with Gasteiger partial charge in [-0.25, -0.2) is 0 Å². The van der Waals surface area contributed by atoms with Crippen LogP contribution in [0.15, 0.2) is 12.3 Å². The summed E-state index contributed by atoms with van der Waals surface area (Å²) in [7, 11) is 1.63. The maximum atomic E-state index is 11.4. The molecular weight excluding hydrogens is 154 g/mol. The molecular formula is C8H13N3O. The van der Waals surface area contributed by atoms with Crippen molar-refractivity contribution in [3.63, 3.8) is 0 Å². The molecule has 0 aliphatic rings. The van der Waals surface area contributed by atoms with Crippen molar-refractivity contribution in [2.75, 3.05) is 7.05 Å². The smallest absolute Gasteiger partial charge is 0.231 e. The molecule has 4 heteroatoms. The Balaban J connectivity index is 2.93. The number of aromatic nitrogens is 2. The van der Waals surface area contributed by atoms with Crippen LogP contribution < -0.4 is 5.32 Å². The van der Waals surface area contributed by atoms with Gasteiger partial charge in [-0.05, 0) is 19.9 Å². The average molecular weight is 167 g/mol. The monoisotopic (exact) mass is 167 g/mol. The lowest BCUT2D eigenvalue weighted by atomic mass is 9.88. The van der Waals surface area contributed by atoms with E-state index in [9.17, 15) is 4.79 Å². The Kier molecular flexibility index (Phi) is 2.17. The zero-order valence-electron chi connectivity index (χ0n) is 7.51. The van der Waals surface area contributed by atoms with Gasteiger partial charge in [-0.1, -0.05) is 0 Å². The largest absolute Gasteiger partial charge is 0.358 e. The van der Waals surface area contributed by atoms with Crippen LogP contribution in [0.1, 0.15) is 19.5 Å². The van der Waals surface area contributed by atoms with Gasteiger partial charge in [0.15, 0.2) is 0 Å². The quantitative estimate of drug-likeness (QED) is 0.671. The molecule has 1 rings (SSSR count). The molecule has 0 atom stereocenters. The van der Waals surface area contributed by atoms with E-state index in [0.29, 0.717) is 0 Å². The molecule has 0 aliphatic carbocycles. The topological polar surface area (TPSA) is 57.8 Å². The van der Waals surface area contributed by atoms with Gasteiger partial charge in [0.1, 0.15) is 0 Å². The second kappa shape index (κ2) is 2.97. The summed E-state index contributed by atoms with van der Waals surface area (Å²) in [6.07, 6.45) is 1.64. The van der Waals surface area contributed by atoms with E-state index in [1.54, 1.807) is 19.3 Å². The Morgan fingerprint density at radius 1 is 1.67 bits per heavy atom. The summed E-state index contributed by atoms with van der Waals surface area (Å²) < 4.78 is 0. The fourth-order valence-corrected chi connectivity index (χ4v) is 1.04. The summed E-state index contributed by atoms with van der Waals surface area (Å²) in [5, 5.41) is 9.19. The molecule has 1 aromatic rings. The van der Waals surface area contributed by atoms with E-state index in [1.165, 1.54) is 0 Å². The number of aromatic amines is 1. The Labute approximate surface area is 71.4 Å². The highest BCUT2D eigenvalue weighted by Crippen LogP contribution is 2.19. The van der Waals surface area contributed by atoms with Gasteiger partial charge in [0.2, 0.25) is 5.91 Å². The Morgan fingerprint density at radius 3 is 2.75 bits per heavy atom. The van der Waals surface area contributed by atoms with Crippen LogP contribution >= 0.6 is 0 Å². The number of nitrogens with zero attached hydrogens (tertiary/aromatic N) is 1. The van der Waals surface area contributed by atoms with E-state index in [-0.39, 0.29) is 5.91 Å². The summed E-state index contributed by atoms with van der Waals surface area (Å²) >= 11 is 0. The number of carbonyl (C=O) groups is 1. The molecule has 0 saturated carbocycles. The first-order chi connectivity index (χ1) is 5.59. The van der Waals surface area contributed by atoms with Gasteiger partial charge in [-0.3, -0.25) is 9.89 Å². The molecule has 0 bridgehead atoms. The van der Waals surface area contributed by atoms with Crippen LogP contribution in [0.4, 0.5) is 0 Å². The highest BCUT2D eigenvalue weighted by atomic mass is 16.2. The fraction of sp³-hybridized carbons (Fsp3) is 0.500. The third-order valence-corrected chi connectivity index (χ3v) is 1.97. The minimum atomic E-state index is -0.536. The Bertz CT molecular complexity index is 264.